The molecule has 1 aliphatic rings. The van der Waals surface area contributed by atoms with E-state index in [2.05, 4.69) is 30.6 Å². The first kappa shape index (κ1) is 19.5. The van der Waals surface area contributed by atoms with Crippen molar-refractivity contribution >= 4 is 28.5 Å². The van der Waals surface area contributed by atoms with Gasteiger partial charge in [-0.2, -0.15) is 0 Å². The van der Waals surface area contributed by atoms with Gasteiger partial charge in [-0.25, -0.2) is 19.3 Å². The summed E-state index contributed by atoms with van der Waals surface area (Å²) in [5, 5.41) is 7.81. The van der Waals surface area contributed by atoms with Crippen LogP contribution < -0.4 is 10.6 Å². The summed E-state index contributed by atoms with van der Waals surface area (Å²) in [6.07, 6.45) is 6.80. The lowest BCUT2D eigenvalue weighted by atomic mass is 10.00. The Morgan fingerprint density at radius 2 is 2.15 bits per heavy atom. The lowest BCUT2D eigenvalue weighted by molar-refractivity contribution is 0.392. The maximum atomic E-state index is 14.1. The van der Waals surface area contributed by atoms with Crippen LogP contribution >= 0.6 is 11.6 Å². The summed E-state index contributed by atoms with van der Waals surface area (Å²) in [5.41, 5.74) is 1.43. The first-order valence-corrected chi connectivity index (χ1v) is 9.68. The molecule has 6 nitrogen and oxygen atoms in total. The Balaban J connectivity index is 0.00000102. The van der Waals surface area contributed by atoms with E-state index in [-0.39, 0.29) is 5.82 Å². The molecule has 3 N–H and O–H groups in total. The maximum Gasteiger partial charge on any atom is 0.183 e. The van der Waals surface area contributed by atoms with E-state index >= 15 is 0 Å². The summed E-state index contributed by atoms with van der Waals surface area (Å²) in [6, 6.07) is 1.79. The number of pyridine rings is 1. The topological polar surface area (TPSA) is 78.5 Å². The number of fused-ring (bicyclic) bond motifs is 1. The van der Waals surface area contributed by atoms with Crippen LogP contribution in [0.15, 0.2) is 24.7 Å². The number of nitrogens with one attached hydrogen (secondary N) is 3. The van der Waals surface area contributed by atoms with Crippen LogP contribution in [0.3, 0.4) is 0 Å². The van der Waals surface area contributed by atoms with Crippen molar-refractivity contribution in [1.82, 2.24) is 25.3 Å². The van der Waals surface area contributed by atoms with Crippen LogP contribution in [0.25, 0.3) is 22.4 Å². The zero-order chi connectivity index (χ0) is 19.2. The van der Waals surface area contributed by atoms with Gasteiger partial charge in [-0.05, 0) is 37.9 Å². The molecule has 8 heteroatoms. The smallest absolute Gasteiger partial charge is 0.183 e. The lowest BCUT2D eigenvalue weighted by Crippen LogP contribution is -2.33. The van der Waals surface area contributed by atoms with E-state index in [1.807, 2.05) is 13.8 Å². The Kier molecular flexibility index (Phi) is 6.58. The Bertz CT molecular complexity index is 891. The summed E-state index contributed by atoms with van der Waals surface area (Å²) in [6.45, 7) is 6.68. The van der Waals surface area contributed by atoms with Gasteiger partial charge in [-0.1, -0.05) is 25.4 Å². The van der Waals surface area contributed by atoms with Gasteiger partial charge in [0.15, 0.2) is 17.5 Å². The zero-order valence-electron chi connectivity index (χ0n) is 15.5. The minimum atomic E-state index is -0.455. The van der Waals surface area contributed by atoms with E-state index in [1.165, 1.54) is 6.20 Å². The molecule has 0 aromatic carbocycles. The number of hydrogen-bond acceptors (Lipinski definition) is 5. The van der Waals surface area contributed by atoms with Gasteiger partial charge in [-0.3, -0.25) is 0 Å². The maximum absolute atomic E-state index is 14.1. The van der Waals surface area contributed by atoms with Crippen LogP contribution in [-0.2, 0) is 0 Å². The molecule has 0 amide bonds. The van der Waals surface area contributed by atoms with Crippen molar-refractivity contribution in [3.8, 4) is 11.4 Å². The average Bonchev–Trinajstić information content (AvgIpc) is 3.13. The molecule has 4 rings (SSSR count). The second-order valence-electron chi connectivity index (χ2n) is 6.24. The molecule has 0 spiro atoms. The van der Waals surface area contributed by atoms with Crippen LogP contribution in [0.2, 0.25) is 5.02 Å². The number of anilines is 1. The largest absolute Gasteiger partial charge is 0.367 e. The minimum absolute atomic E-state index is 0.222. The Labute approximate surface area is 163 Å². The van der Waals surface area contributed by atoms with Crippen molar-refractivity contribution in [1.29, 1.82) is 0 Å². The third-order valence-electron chi connectivity index (χ3n) is 4.44. The van der Waals surface area contributed by atoms with Gasteiger partial charge in [0.2, 0.25) is 0 Å². The summed E-state index contributed by atoms with van der Waals surface area (Å²) in [5.74, 6) is 0.673. The van der Waals surface area contributed by atoms with Crippen molar-refractivity contribution in [2.75, 3.05) is 25.0 Å². The molecule has 1 atom stereocenters. The quantitative estimate of drug-likeness (QED) is 0.620. The molecule has 0 radical (unpaired) electrons. The van der Waals surface area contributed by atoms with E-state index < -0.39 is 5.82 Å². The van der Waals surface area contributed by atoms with E-state index in [4.69, 9.17) is 11.6 Å². The molecule has 3 aromatic heterocycles. The molecule has 1 aliphatic heterocycles. The highest BCUT2D eigenvalue weighted by Gasteiger charge is 2.16. The van der Waals surface area contributed by atoms with Crippen LogP contribution in [-0.4, -0.2) is 39.6 Å². The number of aromatic nitrogens is 4. The molecule has 144 valence electrons. The van der Waals surface area contributed by atoms with Gasteiger partial charge in [0, 0.05) is 29.9 Å². The number of H-pyrrole nitrogens is 1. The molecule has 0 bridgehead atoms. The number of aromatic amines is 1. The predicted octanol–water partition coefficient (Wildman–Crippen LogP) is 4.25. The van der Waals surface area contributed by atoms with Gasteiger partial charge < -0.3 is 15.6 Å². The number of piperidine rings is 1. The third kappa shape index (κ3) is 4.54. The highest BCUT2D eigenvalue weighted by Crippen LogP contribution is 2.28. The molecule has 4 heterocycles. The molecular formula is C19H24ClFN6. The number of rotatable bonds is 4. The van der Waals surface area contributed by atoms with Crippen molar-refractivity contribution < 1.29 is 4.39 Å². The summed E-state index contributed by atoms with van der Waals surface area (Å²) in [4.78, 5) is 15.8. The Morgan fingerprint density at radius 3 is 2.93 bits per heavy atom. The monoisotopic (exact) mass is 390 g/mol. The number of halogens is 2. The summed E-state index contributed by atoms with van der Waals surface area (Å²) in [7, 11) is 0. The molecule has 3 aromatic rings. The fourth-order valence-electron chi connectivity index (χ4n) is 3.12. The van der Waals surface area contributed by atoms with Crippen molar-refractivity contribution in [3.05, 3.63) is 35.5 Å². The number of hydrogen-bond donors (Lipinski definition) is 3. The second kappa shape index (κ2) is 9.10. The van der Waals surface area contributed by atoms with Gasteiger partial charge in [-0.15, -0.1) is 0 Å². The van der Waals surface area contributed by atoms with Gasteiger partial charge >= 0.3 is 0 Å². The van der Waals surface area contributed by atoms with Crippen molar-refractivity contribution in [3.63, 3.8) is 0 Å². The molecule has 27 heavy (non-hydrogen) atoms. The summed E-state index contributed by atoms with van der Waals surface area (Å²) >= 11 is 6.03. The van der Waals surface area contributed by atoms with E-state index in [0.717, 1.165) is 36.9 Å². The zero-order valence-corrected chi connectivity index (χ0v) is 16.3. The lowest BCUT2D eigenvalue weighted by Gasteiger charge is -2.23. The Morgan fingerprint density at radius 1 is 1.30 bits per heavy atom. The van der Waals surface area contributed by atoms with Crippen molar-refractivity contribution in [2.24, 2.45) is 5.92 Å². The van der Waals surface area contributed by atoms with Crippen LogP contribution in [0, 0.1) is 11.7 Å². The highest BCUT2D eigenvalue weighted by molar-refractivity contribution is 6.31. The average molecular weight is 391 g/mol. The molecule has 0 aliphatic carbocycles. The fourth-order valence-corrected chi connectivity index (χ4v) is 3.28. The molecule has 1 unspecified atom stereocenters. The van der Waals surface area contributed by atoms with Gasteiger partial charge in [0.1, 0.15) is 5.65 Å². The predicted molar refractivity (Wildman–Crippen MR) is 108 cm³/mol. The normalized spacial score (nSPS) is 16.7. The molecular weight excluding hydrogens is 367 g/mol. The van der Waals surface area contributed by atoms with Gasteiger partial charge in [0.25, 0.3) is 0 Å². The first-order chi connectivity index (χ1) is 13.2. The SMILES string of the molecule is CC.Fc1cnc(-c2c[nH]c3ncc(Cl)cc23)nc1NCC1CCCNC1. The fraction of sp³-hybridized carbons (Fsp3) is 0.421. The number of nitrogens with zero attached hydrogens (tertiary/aromatic N) is 3. The van der Waals surface area contributed by atoms with Crippen molar-refractivity contribution in [2.45, 2.75) is 26.7 Å². The van der Waals surface area contributed by atoms with Gasteiger partial charge in [0.05, 0.1) is 11.2 Å². The third-order valence-corrected chi connectivity index (χ3v) is 4.65. The standard InChI is InChI=1S/C17H18ClFN6.C2H6/c18-11-4-12-13(8-23-15(12)22-7-11)16-24-9-14(19)17(25-16)21-6-10-2-1-3-20-5-10;1-2/h4,7-10,20H,1-3,5-6H2,(H,22,23)(H,21,24,25);1-2H3. The molecule has 1 saturated heterocycles. The molecule has 0 saturated carbocycles. The molecule has 1 fully saturated rings. The Hall–Kier alpha value is -2.25. The highest BCUT2D eigenvalue weighted by atomic mass is 35.5. The van der Waals surface area contributed by atoms with Crippen LogP contribution in [0.4, 0.5) is 10.2 Å². The van der Waals surface area contributed by atoms with Crippen LogP contribution in [0.1, 0.15) is 26.7 Å². The van der Waals surface area contributed by atoms with E-state index in [1.54, 1.807) is 18.5 Å². The second-order valence-corrected chi connectivity index (χ2v) is 6.67. The van der Waals surface area contributed by atoms with E-state index in [9.17, 15) is 4.39 Å². The van der Waals surface area contributed by atoms with E-state index in [0.29, 0.717) is 29.0 Å². The first-order valence-electron chi connectivity index (χ1n) is 9.31. The summed E-state index contributed by atoms with van der Waals surface area (Å²) < 4.78 is 14.1. The minimum Gasteiger partial charge on any atom is -0.367 e. The van der Waals surface area contributed by atoms with Crippen LogP contribution in [0.5, 0.6) is 0 Å².